The summed E-state index contributed by atoms with van der Waals surface area (Å²) in [7, 11) is 0. The molecule has 0 saturated carbocycles. The highest BCUT2D eigenvalue weighted by atomic mass is 35.5. The van der Waals surface area contributed by atoms with Gasteiger partial charge in [-0.15, -0.1) is 0 Å². The molecule has 0 unspecified atom stereocenters. The Balaban J connectivity index is 2.03. The van der Waals surface area contributed by atoms with Crippen molar-refractivity contribution in [2.45, 2.75) is 11.5 Å². The maximum absolute atomic E-state index is 8.79. The highest BCUT2D eigenvalue weighted by Gasteiger charge is 2.07. The molecule has 5 heteroatoms. The van der Waals surface area contributed by atoms with Gasteiger partial charge in [-0.2, -0.15) is 11.8 Å². The van der Waals surface area contributed by atoms with Crippen molar-refractivity contribution in [1.82, 2.24) is 0 Å². The molecule has 0 saturated heterocycles. The Morgan fingerprint density at radius 2 is 1.65 bits per heavy atom. The number of halogens is 1. The first-order valence-corrected chi connectivity index (χ1v) is 7.62. The fraction of sp³-hybridized carbons (Fsp3) is 0.133. The lowest BCUT2D eigenvalue weighted by Gasteiger charge is -2.08. The van der Waals surface area contributed by atoms with E-state index in [0.29, 0.717) is 0 Å². The van der Waals surface area contributed by atoms with Crippen LogP contribution in [0.15, 0.2) is 53.7 Å². The molecule has 0 amide bonds. The Morgan fingerprint density at radius 1 is 1.05 bits per heavy atom. The summed E-state index contributed by atoms with van der Waals surface area (Å²) in [5.74, 6) is 1.74. The van der Waals surface area contributed by atoms with E-state index >= 15 is 0 Å². The number of oxime groups is 1. The monoisotopic (exact) mass is 306 g/mol. The van der Waals surface area contributed by atoms with Gasteiger partial charge in [0.05, 0.1) is 0 Å². The van der Waals surface area contributed by atoms with Gasteiger partial charge in [0.25, 0.3) is 0 Å². The van der Waals surface area contributed by atoms with E-state index in [0.717, 1.165) is 33.2 Å². The summed E-state index contributed by atoms with van der Waals surface area (Å²) in [6.07, 6.45) is 0. The Morgan fingerprint density at radius 3 is 2.35 bits per heavy atom. The zero-order chi connectivity index (χ0) is 14.4. The third-order valence-corrected chi connectivity index (χ3v) is 4.27. The first-order chi connectivity index (χ1) is 9.72. The molecule has 104 valence electrons. The molecule has 2 aromatic rings. The van der Waals surface area contributed by atoms with Crippen LogP contribution in [0.3, 0.4) is 0 Å². The van der Waals surface area contributed by atoms with Crippen molar-refractivity contribution in [3.05, 3.63) is 70.2 Å². The third-order valence-electron chi connectivity index (χ3n) is 2.87. The topological polar surface area (TPSA) is 58.6 Å². The number of amidine groups is 1. The Hall–Kier alpha value is -1.65. The first-order valence-electron chi connectivity index (χ1n) is 6.09. The highest BCUT2D eigenvalue weighted by molar-refractivity contribution is 7.97. The smallest absolute Gasteiger partial charge is 0.170 e. The standard InChI is InChI=1S/C15H15ClN2OS/c16-14-8-4-2-6-12(14)10-20-9-11-5-1-3-7-13(11)15(17)18-19/h1-8,19H,9-10H2,(H2,17,18). The molecule has 0 aliphatic carbocycles. The van der Waals surface area contributed by atoms with Crippen molar-refractivity contribution in [3.8, 4) is 0 Å². The van der Waals surface area contributed by atoms with Crippen LogP contribution in [-0.2, 0) is 11.5 Å². The zero-order valence-electron chi connectivity index (χ0n) is 10.8. The van der Waals surface area contributed by atoms with Gasteiger partial charge < -0.3 is 10.9 Å². The second kappa shape index (κ2) is 7.22. The van der Waals surface area contributed by atoms with Crippen molar-refractivity contribution >= 4 is 29.2 Å². The van der Waals surface area contributed by atoms with Gasteiger partial charge in [-0.1, -0.05) is 59.2 Å². The molecule has 3 nitrogen and oxygen atoms in total. The van der Waals surface area contributed by atoms with Gasteiger partial charge in [-0.25, -0.2) is 0 Å². The normalized spacial score (nSPS) is 11.6. The van der Waals surface area contributed by atoms with Crippen LogP contribution in [0.5, 0.6) is 0 Å². The van der Waals surface area contributed by atoms with E-state index < -0.39 is 0 Å². The van der Waals surface area contributed by atoms with Crippen LogP contribution < -0.4 is 5.73 Å². The highest BCUT2D eigenvalue weighted by Crippen LogP contribution is 2.24. The molecule has 0 bridgehead atoms. The summed E-state index contributed by atoms with van der Waals surface area (Å²) in [5, 5.41) is 12.6. The van der Waals surface area contributed by atoms with Crippen LogP contribution in [0.25, 0.3) is 0 Å². The van der Waals surface area contributed by atoms with Gasteiger partial charge in [-0.05, 0) is 17.2 Å². The van der Waals surface area contributed by atoms with Crippen molar-refractivity contribution in [2.24, 2.45) is 10.9 Å². The maximum atomic E-state index is 8.79. The summed E-state index contributed by atoms with van der Waals surface area (Å²) in [4.78, 5) is 0. The summed E-state index contributed by atoms with van der Waals surface area (Å²) < 4.78 is 0. The molecule has 0 aliphatic heterocycles. The van der Waals surface area contributed by atoms with E-state index in [1.54, 1.807) is 11.8 Å². The van der Waals surface area contributed by atoms with Gasteiger partial charge in [0.2, 0.25) is 0 Å². The minimum atomic E-state index is 0.138. The predicted molar refractivity (Wildman–Crippen MR) is 85.4 cm³/mol. The van der Waals surface area contributed by atoms with Crippen molar-refractivity contribution in [3.63, 3.8) is 0 Å². The molecule has 0 radical (unpaired) electrons. The van der Waals surface area contributed by atoms with E-state index in [4.69, 9.17) is 22.5 Å². The minimum absolute atomic E-state index is 0.138. The van der Waals surface area contributed by atoms with Crippen LogP contribution >= 0.6 is 23.4 Å². The second-order valence-corrected chi connectivity index (χ2v) is 5.62. The fourth-order valence-corrected chi connectivity index (χ4v) is 3.16. The SMILES string of the molecule is N/C(=N/O)c1ccccc1CSCc1ccccc1Cl. The van der Waals surface area contributed by atoms with E-state index in [-0.39, 0.29) is 5.84 Å². The third kappa shape index (κ3) is 3.68. The molecule has 3 N–H and O–H groups in total. The van der Waals surface area contributed by atoms with Gasteiger partial charge in [0, 0.05) is 22.1 Å². The number of benzene rings is 2. The Kier molecular flexibility index (Phi) is 5.32. The van der Waals surface area contributed by atoms with Crippen LogP contribution in [0, 0.1) is 0 Å². The van der Waals surface area contributed by atoms with Gasteiger partial charge in [0.15, 0.2) is 5.84 Å². The predicted octanol–water partition coefficient (Wildman–Crippen LogP) is 3.87. The molecule has 0 fully saturated rings. The number of thioether (sulfide) groups is 1. The molecule has 2 aromatic carbocycles. The number of hydrogen-bond acceptors (Lipinski definition) is 3. The van der Waals surface area contributed by atoms with Gasteiger partial charge >= 0.3 is 0 Å². The van der Waals surface area contributed by atoms with Crippen molar-refractivity contribution < 1.29 is 5.21 Å². The van der Waals surface area contributed by atoms with Crippen LogP contribution in [0.4, 0.5) is 0 Å². The van der Waals surface area contributed by atoms with Crippen molar-refractivity contribution in [1.29, 1.82) is 0 Å². The lowest BCUT2D eigenvalue weighted by atomic mass is 10.1. The summed E-state index contributed by atoms with van der Waals surface area (Å²) in [5.41, 5.74) is 8.59. The van der Waals surface area contributed by atoms with E-state index in [1.165, 1.54) is 0 Å². The molecule has 20 heavy (non-hydrogen) atoms. The largest absolute Gasteiger partial charge is 0.409 e. The van der Waals surface area contributed by atoms with Crippen LogP contribution in [-0.4, -0.2) is 11.0 Å². The average Bonchev–Trinajstić information content (AvgIpc) is 2.49. The fourth-order valence-electron chi connectivity index (χ4n) is 1.84. The molecule has 0 atom stereocenters. The second-order valence-electron chi connectivity index (χ2n) is 4.23. The lowest BCUT2D eigenvalue weighted by molar-refractivity contribution is 0.318. The van der Waals surface area contributed by atoms with Gasteiger partial charge in [0.1, 0.15) is 0 Å². The average molecular weight is 307 g/mol. The van der Waals surface area contributed by atoms with Gasteiger partial charge in [-0.3, -0.25) is 0 Å². The minimum Gasteiger partial charge on any atom is -0.409 e. The number of rotatable bonds is 5. The van der Waals surface area contributed by atoms with Crippen LogP contribution in [0.2, 0.25) is 5.02 Å². The van der Waals surface area contributed by atoms with E-state index in [2.05, 4.69) is 5.16 Å². The number of nitrogens with zero attached hydrogens (tertiary/aromatic N) is 1. The van der Waals surface area contributed by atoms with Crippen molar-refractivity contribution in [2.75, 3.05) is 0 Å². The Bertz CT molecular complexity index is 616. The molecular formula is C15H15ClN2OS. The first kappa shape index (κ1) is 14.8. The molecule has 0 heterocycles. The Labute approximate surface area is 127 Å². The molecule has 0 spiro atoms. The lowest BCUT2D eigenvalue weighted by Crippen LogP contribution is -2.15. The molecular weight excluding hydrogens is 292 g/mol. The van der Waals surface area contributed by atoms with Crippen LogP contribution in [0.1, 0.15) is 16.7 Å². The summed E-state index contributed by atoms with van der Waals surface area (Å²) >= 11 is 7.86. The quantitative estimate of drug-likeness (QED) is 0.381. The molecule has 2 rings (SSSR count). The van der Waals surface area contributed by atoms with E-state index in [9.17, 15) is 0 Å². The number of hydrogen-bond donors (Lipinski definition) is 2. The summed E-state index contributed by atoms with van der Waals surface area (Å²) in [6, 6.07) is 15.4. The molecule has 0 aromatic heterocycles. The zero-order valence-corrected chi connectivity index (χ0v) is 12.4. The maximum Gasteiger partial charge on any atom is 0.170 e. The molecule has 0 aliphatic rings. The number of nitrogens with two attached hydrogens (primary N) is 1. The summed E-state index contributed by atoms with van der Waals surface area (Å²) in [6.45, 7) is 0. The van der Waals surface area contributed by atoms with E-state index in [1.807, 2.05) is 48.5 Å².